The summed E-state index contributed by atoms with van der Waals surface area (Å²) in [6, 6.07) is 10.8. The van der Waals surface area contributed by atoms with E-state index in [0.717, 1.165) is 11.1 Å². The molecule has 21 heavy (non-hydrogen) atoms. The van der Waals surface area contributed by atoms with Crippen molar-refractivity contribution in [1.82, 2.24) is 4.98 Å². The van der Waals surface area contributed by atoms with Crippen LogP contribution in [0.5, 0.6) is 0 Å². The van der Waals surface area contributed by atoms with E-state index in [1.807, 2.05) is 31.2 Å². The van der Waals surface area contributed by atoms with Crippen molar-refractivity contribution in [2.24, 2.45) is 5.84 Å². The fraction of sp³-hybridized carbons (Fsp3) is 0.214. The number of nitrogens with two attached hydrogens (primary N) is 1. The van der Waals surface area contributed by atoms with Gasteiger partial charge in [0, 0.05) is 19.7 Å². The van der Waals surface area contributed by atoms with E-state index in [-0.39, 0.29) is 11.5 Å². The first kappa shape index (κ1) is 14.7. The molecule has 0 spiro atoms. The third kappa shape index (κ3) is 3.46. The minimum atomic E-state index is -0.449. The molecule has 0 radical (unpaired) electrons. The molecule has 2 aromatic rings. The lowest BCUT2D eigenvalue weighted by Crippen LogP contribution is -2.20. The van der Waals surface area contributed by atoms with Crippen LogP contribution >= 0.6 is 0 Å². The molecule has 1 aromatic carbocycles. The molecule has 0 aliphatic heterocycles. The van der Waals surface area contributed by atoms with Gasteiger partial charge >= 0.3 is 5.69 Å². The summed E-state index contributed by atoms with van der Waals surface area (Å²) in [6.45, 7) is 2.52. The van der Waals surface area contributed by atoms with Crippen LogP contribution in [0.2, 0.25) is 0 Å². The van der Waals surface area contributed by atoms with E-state index in [2.05, 4.69) is 10.4 Å². The zero-order valence-electron chi connectivity index (χ0n) is 11.9. The fourth-order valence-electron chi connectivity index (χ4n) is 2.10. The van der Waals surface area contributed by atoms with E-state index in [1.165, 1.54) is 12.1 Å². The Morgan fingerprint density at radius 1 is 1.38 bits per heavy atom. The van der Waals surface area contributed by atoms with E-state index < -0.39 is 4.92 Å². The van der Waals surface area contributed by atoms with Gasteiger partial charge in [-0.3, -0.25) is 10.1 Å². The fourth-order valence-corrected chi connectivity index (χ4v) is 2.10. The average molecular weight is 287 g/mol. The number of aryl methyl sites for hydroxylation is 1. The number of hydrogen-bond donors (Lipinski definition) is 2. The largest absolute Gasteiger partial charge is 0.350 e. The van der Waals surface area contributed by atoms with E-state index >= 15 is 0 Å². The van der Waals surface area contributed by atoms with Crippen LogP contribution in [-0.2, 0) is 6.54 Å². The molecule has 2 rings (SSSR count). The van der Waals surface area contributed by atoms with Gasteiger partial charge in [-0.1, -0.05) is 29.8 Å². The molecule has 3 N–H and O–H groups in total. The van der Waals surface area contributed by atoms with E-state index in [1.54, 1.807) is 11.9 Å². The Balaban J connectivity index is 2.33. The van der Waals surface area contributed by atoms with Crippen LogP contribution in [0.3, 0.4) is 0 Å². The predicted molar refractivity (Wildman–Crippen MR) is 82.0 cm³/mol. The second-order valence-corrected chi connectivity index (χ2v) is 4.79. The highest BCUT2D eigenvalue weighted by atomic mass is 16.6. The summed E-state index contributed by atoms with van der Waals surface area (Å²) in [4.78, 5) is 16.6. The highest BCUT2D eigenvalue weighted by Crippen LogP contribution is 2.27. The number of nitrogens with one attached hydrogen (secondary N) is 1. The van der Waals surface area contributed by atoms with Gasteiger partial charge in [-0.2, -0.15) is 0 Å². The van der Waals surface area contributed by atoms with Gasteiger partial charge in [0.1, 0.15) is 5.82 Å². The van der Waals surface area contributed by atoms with Crippen LogP contribution in [0.15, 0.2) is 36.4 Å². The summed E-state index contributed by atoms with van der Waals surface area (Å²) >= 11 is 0. The second kappa shape index (κ2) is 6.19. The van der Waals surface area contributed by atoms with Crippen LogP contribution < -0.4 is 16.2 Å². The average Bonchev–Trinajstić information content (AvgIpc) is 2.46. The third-order valence-electron chi connectivity index (χ3n) is 3.06. The minimum absolute atomic E-state index is 0.0517. The maximum atomic E-state index is 11.1. The lowest BCUT2D eigenvalue weighted by molar-refractivity contribution is -0.384. The summed E-state index contributed by atoms with van der Waals surface area (Å²) in [6.07, 6.45) is 0. The van der Waals surface area contributed by atoms with Gasteiger partial charge < -0.3 is 10.3 Å². The third-order valence-corrected chi connectivity index (χ3v) is 3.06. The zero-order chi connectivity index (χ0) is 15.4. The molecular formula is C14H17N5O2. The van der Waals surface area contributed by atoms with Crippen molar-refractivity contribution in [3.05, 3.63) is 57.6 Å². The number of nitrogens with zero attached hydrogens (tertiary/aromatic N) is 3. The van der Waals surface area contributed by atoms with E-state index in [9.17, 15) is 10.1 Å². The van der Waals surface area contributed by atoms with Crippen molar-refractivity contribution in [3.8, 4) is 0 Å². The van der Waals surface area contributed by atoms with Crippen molar-refractivity contribution in [2.75, 3.05) is 17.4 Å². The summed E-state index contributed by atoms with van der Waals surface area (Å²) in [5.74, 6) is 5.97. The van der Waals surface area contributed by atoms with Gasteiger partial charge in [0.2, 0.25) is 5.82 Å². The Labute approximate surface area is 122 Å². The maximum Gasteiger partial charge on any atom is 0.311 e. The molecule has 0 atom stereocenters. The minimum Gasteiger partial charge on any atom is -0.350 e. The SMILES string of the molecule is Cc1cccc(CN(C)c2nc(NN)ccc2[N+](=O)[O-])c1. The molecule has 110 valence electrons. The van der Waals surface area contributed by atoms with E-state index in [0.29, 0.717) is 12.4 Å². The number of hydrogen-bond acceptors (Lipinski definition) is 6. The van der Waals surface area contributed by atoms with E-state index in [4.69, 9.17) is 5.84 Å². The number of hydrazine groups is 1. The highest BCUT2D eigenvalue weighted by Gasteiger charge is 2.19. The first-order valence-corrected chi connectivity index (χ1v) is 6.40. The van der Waals surface area contributed by atoms with Gasteiger partial charge in [-0.25, -0.2) is 10.8 Å². The Bertz CT molecular complexity index is 660. The Morgan fingerprint density at radius 3 is 2.76 bits per heavy atom. The van der Waals surface area contributed by atoms with Crippen molar-refractivity contribution in [3.63, 3.8) is 0 Å². The number of aromatic nitrogens is 1. The van der Waals surface area contributed by atoms with Gasteiger partial charge in [0.05, 0.1) is 4.92 Å². The number of nitro groups is 1. The molecule has 1 heterocycles. The Morgan fingerprint density at radius 2 is 2.14 bits per heavy atom. The van der Waals surface area contributed by atoms with Crippen LogP contribution in [0.4, 0.5) is 17.3 Å². The standard InChI is InChI=1S/C14H17N5O2/c1-10-4-3-5-11(8-10)9-18(2)14-12(19(20)21)6-7-13(16-14)17-15/h3-8H,9,15H2,1-2H3,(H,16,17). The Hall–Kier alpha value is -2.67. The molecule has 0 aliphatic carbocycles. The van der Waals surface area contributed by atoms with Crippen LogP contribution in [0.25, 0.3) is 0 Å². The lowest BCUT2D eigenvalue weighted by atomic mass is 10.1. The molecule has 0 fully saturated rings. The summed E-state index contributed by atoms with van der Waals surface area (Å²) in [5, 5.41) is 11.1. The van der Waals surface area contributed by atoms with Crippen molar-refractivity contribution in [1.29, 1.82) is 0 Å². The predicted octanol–water partition coefficient (Wildman–Crippen LogP) is 2.22. The summed E-state index contributed by atoms with van der Waals surface area (Å²) < 4.78 is 0. The zero-order valence-corrected chi connectivity index (χ0v) is 11.9. The molecule has 1 aromatic heterocycles. The van der Waals surface area contributed by atoms with Gasteiger partial charge in [0.25, 0.3) is 0 Å². The lowest BCUT2D eigenvalue weighted by Gasteiger charge is -2.19. The monoisotopic (exact) mass is 287 g/mol. The topological polar surface area (TPSA) is 97.3 Å². The molecule has 0 saturated carbocycles. The first-order chi connectivity index (χ1) is 10.0. The number of benzene rings is 1. The molecule has 7 heteroatoms. The van der Waals surface area contributed by atoms with Crippen LogP contribution in [-0.4, -0.2) is 17.0 Å². The number of rotatable bonds is 5. The summed E-state index contributed by atoms with van der Waals surface area (Å²) in [5.41, 5.74) is 4.54. The van der Waals surface area contributed by atoms with Gasteiger partial charge in [-0.05, 0) is 18.6 Å². The number of anilines is 2. The van der Waals surface area contributed by atoms with Gasteiger partial charge in [0.15, 0.2) is 0 Å². The van der Waals surface area contributed by atoms with Crippen LogP contribution in [0.1, 0.15) is 11.1 Å². The molecule has 0 aliphatic rings. The normalized spacial score (nSPS) is 10.2. The van der Waals surface area contributed by atoms with Crippen LogP contribution in [0, 0.1) is 17.0 Å². The van der Waals surface area contributed by atoms with Crippen molar-refractivity contribution in [2.45, 2.75) is 13.5 Å². The molecule has 0 amide bonds. The quantitative estimate of drug-likeness (QED) is 0.497. The Kier molecular flexibility index (Phi) is 4.34. The number of nitrogen functional groups attached to an aromatic ring is 1. The maximum absolute atomic E-state index is 11.1. The molecule has 0 saturated heterocycles. The molecule has 0 bridgehead atoms. The molecule has 7 nitrogen and oxygen atoms in total. The van der Waals surface area contributed by atoms with Crippen molar-refractivity contribution >= 4 is 17.3 Å². The smallest absolute Gasteiger partial charge is 0.311 e. The first-order valence-electron chi connectivity index (χ1n) is 6.40. The summed E-state index contributed by atoms with van der Waals surface area (Å²) in [7, 11) is 1.76. The van der Waals surface area contributed by atoms with Gasteiger partial charge in [-0.15, -0.1) is 0 Å². The molecule has 0 unspecified atom stereocenters. The highest BCUT2D eigenvalue weighted by molar-refractivity contribution is 5.61. The number of pyridine rings is 1. The second-order valence-electron chi connectivity index (χ2n) is 4.79. The van der Waals surface area contributed by atoms with Crippen molar-refractivity contribution < 1.29 is 4.92 Å². The molecular weight excluding hydrogens is 270 g/mol.